The molecule has 3 nitrogen and oxygen atoms in total. The van der Waals surface area contributed by atoms with Gasteiger partial charge in [-0.15, -0.1) is 0 Å². The number of amides is 1. The third-order valence-electron chi connectivity index (χ3n) is 5.60. The number of hydrogen-bond donors (Lipinski definition) is 1. The molecule has 1 heterocycles. The SMILES string of the molecule is O=C(NCCc1ccc(N2CCCCCC2)cc1)C1CCCCC1. The molecule has 0 atom stereocenters. The van der Waals surface area contributed by atoms with Gasteiger partial charge in [0.2, 0.25) is 5.91 Å². The quantitative estimate of drug-likeness (QED) is 0.874. The highest BCUT2D eigenvalue weighted by molar-refractivity contribution is 5.78. The first kappa shape index (κ1) is 17.3. The number of nitrogens with one attached hydrogen (secondary N) is 1. The second-order valence-electron chi connectivity index (χ2n) is 7.44. The first-order chi connectivity index (χ1) is 11.8. The van der Waals surface area contributed by atoms with Gasteiger partial charge in [0.15, 0.2) is 0 Å². The molecule has 1 aromatic rings. The second-order valence-corrected chi connectivity index (χ2v) is 7.44. The van der Waals surface area contributed by atoms with Crippen molar-refractivity contribution in [3.8, 4) is 0 Å². The van der Waals surface area contributed by atoms with Crippen LogP contribution in [0, 0.1) is 5.92 Å². The van der Waals surface area contributed by atoms with Crippen LogP contribution >= 0.6 is 0 Å². The molecule has 1 saturated heterocycles. The Bertz CT molecular complexity index is 497. The van der Waals surface area contributed by atoms with Gasteiger partial charge in [-0.3, -0.25) is 4.79 Å². The lowest BCUT2D eigenvalue weighted by Crippen LogP contribution is -2.33. The Morgan fingerprint density at radius 1 is 0.917 bits per heavy atom. The molecule has 132 valence electrons. The number of hydrogen-bond acceptors (Lipinski definition) is 2. The van der Waals surface area contributed by atoms with Gasteiger partial charge in [-0.05, 0) is 49.8 Å². The van der Waals surface area contributed by atoms with Gasteiger partial charge in [0, 0.05) is 31.2 Å². The fourth-order valence-corrected chi connectivity index (χ4v) is 4.04. The van der Waals surface area contributed by atoms with Crippen molar-refractivity contribution in [1.82, 2.24) is 5.32 Å². The molecular formula is C21H32N2O. The van der Waals surface area contributed by atoms with E-state index in [4.69, 9.17) is 0 Å². The van der Waals surface area contributed by atoms with Crippen molar-refractivity contribution in [1.29, 1.82) is 0 Å². The molecule has 0 radical (unpaired) electrons. The summed E-state index contributed by atoms with van der Waals surface area (Å²) in [5.41, 5.74) is 2.67. The van der Waals surface area contributed by atoms with E-state index in [-0.39, 0.29) is 11.8 Å². The summed E-state index contributed by atoms with van der Waals surface area (Å²) in [5, 5.41) is 3.14. The van der Waals surface area contributed by atoms with Crippen LogP contribution in [-0.4, -0.2) is 25.5 Å². The van der Waals surface area contributed by atoms with E-state index in [2.05, 4.69) is 34.5 Å². The first-order valence-corrected chi connectivity index (χ1v) is 9.94. The van der Waals surface area contributed by atoms with E-state index in [1.165, 1.54) is 69.3 Å². The summed E-state index contributed by atoms with van der Waals surface area (Å²) in [4.78, 5) is 14.7. The lowest BCUT2D eigenvalue weighted by Gasteiger charge is -2.23. The maximum atomic E-state index is 12.2. The molecule has 1 aliphatic heterocycles. The van der Waals surface area contributed by atoms with Gasteiger partial charge in [0.1, 0.15) is 0 Å². The van der Waals surface area contributed by atoms with Crippen molar-refractivity contribution < 1.29 is 4.79 Å². The van der Waals surface area contributed by atoms with Gasteiger partial charge in [-0.2, -0.15) is 0 Å². The molecule has 3 rings (SSSR count). The van der Waals surface area contributed by atoms with E-state index >= 15 is 0 Å². The van der Waals surface area contributed by atoms with Crippen LogP contribution in [-0.2, 0) is 11.2 Å². The monoisotopic (exact) mass is 328 g/mol. The van der Waals surface area contributed by atoms with Gasteiger partial charge in [-0.25, -0.2) is 0 Å². The minimum Gasteiger partial charge on any atom is -0.372 e. The van der Waals surface area contributed by atoms with Crippen molar-refractivity contribution >= 4 is 11.6 Å². The number of nitrogens with zero attached hydrogens (tertiary/aromatic N) is 1. The van der Waals surface area contributed by atoms with Crippen LogP contribution in [0.15, 0.2) is 24.3 Å². The second kappa shape index (κ2) is 9.10. The third-order valence-corrected chi connectivity index (χ3v) is 5.60. The van der Waals surface area contributed by atoms with Crippen LogP contribution < -0.4 is 10.2 Å². The van der Waals surface area contributed by atoms with Crippen molar-refractivity contribution in [2.45, 2.75) is 64.2 Å². The van der Waals surface area contributed by atoms with Crippen molar-refractivity contribution in [2.24, 2.45) is 5.92 Å². The summed E-state index contributed by atoms with van der Waals surface area (Å²) in [6.45, 7) is 3.14. The molecule has 2 fully saturated rings. The molecule has 2 aliphatic rings. The number of carbonyl (C=O) groups excluding carboxylic acids is 1. The fraction of sp³-hybridized carbons (Fsp3) is 0.667. The maximum Gasteiger partial charge on any atom is 0.223 e. The molecule has 1 saturated carbocycles. The number of anilines is 1. The average Bonchev–Trinajstić information content (AvgIpc) is 2.92. The first-order valence-electron chi connectivity index (χ1n) is 9.94. The smallest absolute Gasteiger partial charge is 0.223 e. The van der Waals surface area contributed by atoms with Crippen molar-refractivity contribution in [2.75, 3.05) is 24.5 Å². The normalized spacial score (nSPS) is 19.8. The molecule has 0 aromatic heterocycles. The van der Waals surface area contributed by atoms with E-state index < -0.39 is 0 Å². The lowest BCUT2D eigenvalue weighted by molar-refractivity contribution is -0.125. The summed E-state index contributed by atoms with van der Waals surface area (Å²) in [7, 11) is 0. The van der Waals surface area contributed by atoms with Crippen LogP contribution in [0.25, 0.3) is 0 Å². The standard InChI is InChI=1S/C21H32N2O/c24-21(19-8-4-3-5-9-19)22-15-14-18-10-12-20(13-11-18)23-16-6-1-2-7-17-23/h10-13,19H,1-9,14-17H2,(H,22,24). The zero-order valence-corrected chi connectivity index (χ0v) is 14.9. The molecule has 0 spiro atoms. The van der Waals surface area contributed by atoms with Crippen LogP contribution in [0.2, 0.25) is 0 Å². The Morgan fingerprint density at radius 3 is 2.21 bits per heavy atom. The number of rotatable bonds is 5. The summed E-state index contributed by atoms with van der Waals surface area (Å²) in [6.07, 6.45) is 12.2. The van der Waals surface area contributed by atoms with Crippen LogP contribution in [0.4, 0.5) is 5.69 Å². The summed E-state index contributed by atoms with van der Waals surface area (Å²) in [5.74, 6) is 0.542. The van der Waals surface area contributed by atoms with Crippen LogP contribution in [0.3, 0.4) is 0 Å². The highest BCUT2D eigenvalue weighted by Crippen LogP contribution is 2.23. The van der Waals surface area contributed by atoms with Crippen molar-refractivity contribution in [3.63, 3.8) is 0 Å². The molecule has 1 N–H and O–H groups in total. The fourth-order valence-electron chi connectivity index (χ4n) is 4.04. The van der Waals surface area contributed by atoms with Gasteiger partial charge >= 0.3 is 0 Å². The van der Waals surface area contributed by atoms with Gasteiger partial charge in [0.25, 0.3) is 0 Å². The number of benzene rings is 1. The highest BCUT2D eigenvalue weighted by atomic mass is 16.1. The Hall–Kier alpha value is -1.51. The molecule has 1 amide bonds. The van der Waals surface area contributed by atoms with Gasteiger partial charge in [0.05, 0.1) is 0 Å². The zero-order valence-electron chi connectivity index (χ0n) is 14.9. The molecule has 1 aromatic carbocycles. The summed E-state index contributed by atoms with van der Waals surface area (Å²) < 4.78 is 0. The molecule has 3 heteroatoms. The Morgan fingerprint density at radius 2 is 1.54 bits per heavy atom. The maximum absolute atomic E-state index is 12.2. The average molecular weight is 329 g/mol. The van der Waals surface area contributed by atoms with Gasteiger partial charge in [-0.1, -0.05) is 44.2 Å². The zero-order chi connectivity index (χ0) is 16.6. The molecule has 24 heavy (non-hydrogen) atoms. The van der Waals surface area contributed by atoms with E-state index in [1.807, 2.05) is 0 Å². The van der Waals surface area contributed by atoms with E-state index in [0.29, 0.717) is 0 Å². The minimum absolute atomic E-state index is 0.268. The van der Waals surface area contributed by atoms with Crippen LogP contribution in [0.5, 0.6) is 0 Å². The Balaban J connectivity index is 1.43. The predicted octanol–water partition coefficient (Wildman–Crippen LogP) is 4.31. The minimum atomic E-state index is 0.268. The van der Waals surface area contributed by atoms with E-state index in [9.17, 15) is 4.79 Å². The topological polar surface area (TPSA) is 32.3 Å². The molecule has 1 aliphatic carbocycles. The van der Waals surface area contributed by atoms with Gasteiger partial charge < -0.3 is 10.2 Å². The third kappa shape index (κ3) is 4.99. The summed E-state index contributed by atoms with van der Waals surface area (Å²) in [6, 6.07) is 8.97. The van der Waals surface area contributed by atoms with E-state index in [0.717, 1.165) is 25.8 Å². The van der Waals surface area contributed by atoms with Crippen LogP contribution in [0.1, 0.15) is 63.4 Å². The Labute approximate surface area is 146 Å². The van der Waals surface area contributed by atoms with E-state index in [1.54, 1.807) is 0 Å². The lowest BCUT2D eigenvalue weighted by atomic mass is 9.88. The largest absolute Gasteiger partial charge is 0.372 e. The summed E-state index contributed by atoms with van der Waals surface area (Å²) >= 11 is 0. The Kier molecular flexibility index (Phi) is 6.57. The highest BCUT2D eigenvalue weighted by Gasteiger charge is 2.20. The van der Waals surface area contributed by atoms with Crippen molar-refractivity contribution in [3.05, 3.63) is 29.8 Å². The number of carbonyl (C=O) groups is 1. The molecule has 0 bridgehead atoms. The molecular weight excluding hydrogens is 296 g/mol. The molecule has 0 unspecified atom stereocenters. The predicted molar refractivity (Wildman–Crippen MR) is 100 cm³/mol.